The number of carbonyl (C=O) groups is 1. The summed E-state index contributed by atoms with van der Waals surface area (Å²) in [5.74, 6) is -0.146. The summed E-state index contributed by atoms with van der Waals surface area (Å²) < 4.78 is 27.1. The van der Waals surface area contributed by atoms with Gasteiger partial charge in [-0.2, -0.15) is 0 Å². The van der Waals surface area contributed by atoms with Crippen LogP contribution >= 0.6 is 0 Å². The van der Waals surface area contributed by atoms with Gasteiger partial charge in [-0.25, -0.2) is 13.1 Å². The molecule has 0 bridgehead atoms. The Morgan fingerprint density at radius 3 is 2.65 bits per heavy atom. The number of aliphatic hydroxyl groups is 1. The topological polar surface area (TPSA) is 95.5 Å². The van der Waals surface area contributed by atoms with Crippen LogP contribution in [0.2, 0.25) is 0 Å². The van der Waals surface area contributed by atoms with Crippen LogP contribution in [0.1, 0.15) is 26.3 Å². The molecule has 1 aliphatic rings. The molecule has 0 radical (unpaired) electrons. The van der Waals surface area contributed by atoms with Crippen molar-refractivity contribution >= 4 is 21.6 Å². The molecule has 1 heterocycles. The summed E-state index contributed by atoms with van der Waals surface area (Å²) in [5.41, 5.74) is 0.322. The minimum Gasteiger partial charge on any atom is -0.391 e. The fraction of sp³-hybridized carbons (Fsp3) is 0.462. The van der Waals surface area contributed by atoms with Gasteiger partial charge in [0.05, 0.1) is 23.0 Å². The average molecular weight is 298 g/mol. The lowest BCUT2D eigenvalue weighted by atomic mass is 10.0. The van der Waals surface area contributed by atoms with Crippen molar-refractivity contribution < 1.29 is 18.3 Å². The van der Waals surface area contributed by atoms with Gasteiger partial charge in [0.25, 0.3) is 0 Å². The van der Waals surface area contributed by atoms with Gasteiger partial charge < -0.3 is 10.4 Å². The fourth-order valence-electron chi connectivity index (χ4n) is 1.86. The Kier molecular flexibility index (Phi) is 3.62. The van der Waals surface area contributed by atoms with Crippen LogP contribution in [0.4, 0.5) is 5.69 Å². The van der Waals surface area contributed by atoms with Crippen molar-refractivity contribution in [2.75, 3.05) is 5.32 Å². The molecule has 6 nitrogen and oxygen atoms in total. The molecule has 1 aromatic carbocycles. The van der Waals surface area contributed by atoms with Crippen molar-refractivity contribution in [3.8, 4) is 0 Å². The van der Waals surface area contributed by atoms with E-state index in [0.29, 0.717) is 11.3 Å². The Bertz CT molecular complexity index is 650. The molecule has 1 aromatic rings. The number of carbonyl (C=O) groups excluding carboxylic acids is 1. The van der Waals surface area contributed by atoms with Gasteiger partial charge in [0.15, 0.2) is 0 Å². The van der Waals surface area contributed by atoms with Crippen molar-refractivity contribution in [3.63, 3.8) is 0 Å². The predicted octanol–water partition coefficient (Wildman–Crippen LogP) is 0.619. The van der Waals surface area contributed by atoms with E-state index in [1.54, 1.807) is 19.9 Å². The molecule has 0 spiro atoms. The largest absolute Gasteiger partial charge is 0.391 e. The van der Waals surface area contributed by atoms with Crippen molar-refractivity contribution in [1.82, 2.24) is 4.72 Å². The van der Waals surface area contributed by atoms with Crippen molar-refractivity contribution in [3.05, 3.63) is 23.8 Å². The van der Waals surface area contributed by atoms with Crippen molar-refractivity contribution in [1.29, 1.82) is 0 Å². The van der Waals surface area contributed by atoms with E-state index >= 15 is 0 Å². The Morgan fingerprint density at radius 2 is 2.05 bits per heavy atom. The number of sulfonamides is 1. The standard InChI is InChI=1S/C13H18N2O4S/c1-8(16)13(2,3)15-20(18,19)10-4-5-11-9(6-10)7-12(17)14-11/h4-6,8,15-16H,7H2,1-3H3,(H,14,17). The van der Waals surface area contributed by atoms with Crippen LogP contribution in [0, 0.1) is 0 Å². The van der Waals surface area contributed by atoms with E-state index in [-0.39, 0.29) is 17.2 Å². The minimum atomic E-state index is -3.75. The molecule has 1 atom stereocenters. The lowest BCUT2D eigenvalue weighted by Gasteiger charge is -2.28. The average Bonchev–Trinajstić information content (AvgIpc) is 2.66. The smallest absolute Gasteiger partial charge is 0.241 e. The summed E-state index contributed by atoms with van der Waals surface area (Å²) in [7, 11) is -3.75. The second-order valence-electron chi connectivity index (χ2n) is 5.55. The van der Waals surface area contributed by atoms with E-state index in [1.807, 2.05) is 0 Å². The summed E-state index contributed by atoms with van der Waals surface area (Å²) in [4.78, 5) is 11.4. The number of rotatable bonds is 4. The van der Waals surface area contributed by atoms with E-state index in [1.165, 1.54) is 19.1 Å². The normalized spacial score (nSPS) is 16.7. The van der Waals surface area contributed by atoms with Gasteiger partial charge in [0, 0.05) is 5.69 Å². The second-order valence-corrected chi connectivity index (χ2v) is 7.23. The quantitative estimate of drug-likeness (QED) is 0.759. The lowest BCUT2D eigenvalue weighted by Crippen LogP contribution is -2.50. The minimum absolute atomic E-state index is 0.0847. The Labute approximate surface area is 118 Å². The van der Waals surface area contributed by atoms with Crippen LogP contribution in [0.25, 0.3) is 0 Å². The third kappa shape index (κ3) is 2.84. The van der Waals surface area contributed by atoms with Gasteiger partial charge in [-0.05, 0) is 44.5 Å². The maximum Gasteiger partial charge on any atom is 0.241 e. The van der Waals surface area contributed by atoms with Gasteiger partial charge >= 0.3 is 0 Å². The molecule has 1 amide bonds. The van der Waals surface area contributed by atoms with Gasteiger partial charge in [-0.1, -0.05) is 0 Å². The molecule has 0 aliphatic carbocycles. The first-order valence-corrected chi connectivity index (χ1v) is 7.75. The van der Waals surface area contributed by atoms with Crippen LogP contribution in [-0.2, 0) is 21.2 Å². The van der Waals surface area contributed by atoms with E-state index in [9.17, 15) is 18.3 Å². The summed E-state index contributed by atoms with van der Waals surface area (Å²) in [6, 6.07) is 4.49. The zero-order chi connectivity index (χ0) is 15.1. The predicted molar refractivity (Wildman–Crippen MR) is 74.9 cm³/mol. The third-order valence-corrected chi connectivity index (χ3v) is 5.12. The van der Waals surface area contributed by atoms with Crippen molar-refractivity contribution in [2.45, 2.75) is 43.7 Å². The number of nitrogens with one attached hydrogen (secondary N) is 2. The number of hydrogen-bond acceptors (Lipinski definition) is 4. The van der Waals surface area contributed by atoms with E-state index < -0.39 is 21.7 Å². The Hall–Kier alpha value is -1.44. The summed E-state index contributed by atoms with van der Waals surface area (Å²) in [6.07, 6.45) is -0.659. The van der Waals surface area contributed by atoms with E-state index in [2.05, 4.69) is 10.0 Å². The first-order valence-electron chi connectivity index (χ1n) is 6.27. The zero-order valence-electron chi connectivity index (χ0n) is 11.6. The molecule has 0 saturated heterocycles. The molecule has 1 aliphatic heterocycles. The SMILES string of the molecule is CC(O)C(C)(C)NS(=O)(=O)c1ccc2c(c1)CC(=O)N2. The molecule has 0 fully saturated rings. The van der Waals surface area contributed by atoms with Crippen molar-refractivity contribution in [2.24, 2.45) is 0 Å². The summed E-state index contributed by atoms with van der Waals surface area (Å²) in [6.45, 7) is 4.73. The number of benzene rings is 1. The van der Waals surface area contributed by atoms with Crippen LogP contribution < -0.4 is 10.0 Å². The highest BCUT2D eigenvalue weighted by Gasteiger charge is 2.31. The maximum atomic E-state index is 12.3. The molecule has 1 unspecified atom stereocenters. The first kappa shape index (κ1) is 15.0. The molecule has 7 heteroatoms. The molecule has 0 aromatic heterocycles. The van der Waals surface area contributed by atoms with E-state index in [4.69, 9.17) is 0 Å². The third-order valence-electron chi connectivity index (χ3n) is 3.45. The zero-order valence-corrected chi connectivity index (χ0v) is 12.4. The van der Waals surface area contributed by atoms with Crippen LogP contribution in [-0.4, -0.2) is 31.1 Å². The molecule has 20 heavy (non-hydrogen) atoms. The van der Waals surface area contributed by atoms with Gasteiger partial charge in [0.2, 0.25) is 15.9 Å². The summed E-state index contributed by atoms with van der Waals surface area (Å²) >= 11 is 0. The van der Waals surface area contributed by atoms with Gasteiger partial charge in [-0.15, -0.1) is 0 Å². The highest BCUT2D eigenvalue weighted by molar-refractivity contribution is 7.89. The van der Waals surface area contributed by atoms with Crippen LogP contribution in [0.3, 0.4) is 0 Å². The number of aliphatic hydroxyl groups excluding tert-OH is 1. The highest BCUT2D eigenvalue weighted by atomic mass is 32.2. The van der Waals surface area contributed by atoms with Gasteiger partial charge in [0.1, 0.15) is 0 Å². The first-order chi connectivity index (χ1) is 9.12. The van der Waals surface area contributed by atoms with Crippen LogP contribution in [0.5, 0.6) is 0 Å². The number of anilines is 1. The van der Waals surface area contributed by atoms with E-state index in [0.717, 1.165) is 0 Å². The van der Waals surface area contributed by atoms with Crippen LogP contribution in [0.15, 0.2) is 23.1 Å². The monoisotopic (exact) mass is 298 g/mol. The molecule has 110 valence electrons. The molecule has 2 rings (SSSR count). The highest BCUT2D eigenvalue weighted by Crippen LogP contribution is 2.26. The second kappa shape index (κ2) is 4.83. The summed E-state index contributed by atoms with van der Waals surface area (Å²) in [5, 5.41) is 12.2. The fourth-order valence-corrected chi connectivity index (χ4v) is 3.39. The number of amides is 1. The Morgan fingerprint density at radius 1 is 1.40 bits per heavy atom. The molecule has 3 N–H and O–H groups in total. The Balaban J connectivity index is 2.32. The molecular weight excluding hydrogens is 280 g/mol. The number of fused-ring (bicyclic) bond motifs is 1. The van der Waals surface area contributed by atoms with Gasteiger partial charge in [-0.3, -0.25) is 4.79 Å². The number of hydrogen-bond donors (Lipinski definition) is 3. The molecular formula is C13H18N2O4S. The maximum absolute atomic E-state index is 12.3. The molecule has 0 saturated carbocycles. The lowest BCUT2D eigenvalue weighted by molar-refractivity contribution is -0.115.